The lowest BCUT2D eigenvalue weighted by Crippen LogP contribution is -2.47. The maximum atomic E-state index is 13.6. The van der Waals surface area contributed by atoms with Crippen LogP contribution in [0.2, 0.25) is 0 Å². The molecule has 56 heavy (non-hydrogen) atoms. The van der Waals surface area contributed by atoms with E-state index >= 15 is 0 Å². The van der Waals surface area contributed by atoms with Crippen LogP contribution in [0.1, 0.15) is 39.6 Å². The van der Waals surface area contributed by atoms with Gasteiger partial charge in [0, 0.05) is 19.3 Å². The largest absolute Gasteiger partial charge is 0.386 e. The molecule has 1 aliphatic heterocycles. The Balaban J connectivity index is 1.30. The predicted molar refractivity (Wildman–Crippen MR) is 215 cm³/mol. The number of benzene rings is 6. The Bertz CT molecular complexity index is 2270. The molecule has 8 nitrogen and oxygen atoms in total. The highest BCUT2D eigenvalue weighted by Crippen LogP contribution is 2.46. The highest BCUT2D eigenvalue weighted by Gasteiger charge is 2.52. The first-order valence-electron chi connectivity index (χ1n) is 18.7. The molecule has 7 aromatic rings. The van der Waals surface area contributed by atoms with Crippen LogP contribution < -0.4 is 11.2 Å². The molecule has 0 unspecified atom stereocenters. The Morgan fingerprint density at radius 2 is 0.911 bits per heavy atom. The summed E-state index contributed by atoms with van der Waals surface area (Å²) in [5, 5.41) is 12.5. The zero-order chi connectivity index (χ0) is 38.5. The molecule has 8 heteroatoms. The van der Waals surface area contributed by atoms with Crippen molar-refractivity contribution in [2.24, 2.45) is 7.05 Å². The molecular formula is C48H42N2O6. The Labute approximate surface area is 325 Å². The molecule has 0 bridgehead atoms. The monoisotopic (exact) mass is 742 g/mol. The highest BCUT2D eigenvalue weighted by atomic mass is 16.6. The standard InChI is InChI=1S/C48H42N2O6/c1-49-42(51)32-33-50(46(49)53)45-43(52)44(56-48(38-26-14-5-15-27-38,39-28-16-6-17-29-39)40-30-18-7-19-31-40)41(55-45)34-54-47(35-20-8-2-9-21-35,36-22-10-3-11-23-36)37-24-12-4-13-25-37/h2-33,41,43-45,52H,34H2,1H3/t41-,43-,44-,45-/m1/s1. The first kappa shape index (κ1) is 36.8. The van der Waals surface area contributed by atoms with Crippen molar-refractivity contribution >= 4 is 0 Å². The second-order valence-corrected chi connectivity index (χ2v) is 13.9. The summed E-state index contributed by atoms with van der Waals surface area (Å²) in [6.45, 7) is -0.0636. The second kappa shape index (κ2) is 15.9. The third-order valence-corrected chi connectivity index (χ3v) is 10.7. The molecule has 1 fully saturated rings. The lowest BCUT2D eigenvalue weighted by atomic mass is 9.79. The smallest absolute Gasteiger partial charge is 0.332 e. The quantitative estimate of drug-likeness (QED) is 0.133. The van der Waals surface area contributed by atoms with Gasteiger partial charge in [-0.1, -0.05) is 182 Å². The van der Waals surface area contributed by atoms with Gasteiger partial charge in [0.05, 0.1) is 6.61 Å². The van der Waals surface area contributed by atoms with Crippen molar-refractivity contribution in [1.82, 2.24) is 9.13 Å². The summed E-state index contributed by atoms with van der Waals surface area (Å²) in [5.74, 6) is 0. The fourth-order valence-corrected chi connectivity index (χ4v) is 7.91. The second-order valence-electron chi connectivity index (χ2n) is 13.9. The lowest BCUT2D eigenvalue weighted by Gasteiger charge is -2.41. The summed E-state index contributed by atoms with van der Waals surface area (Å²) in [6.07, 6.45) is -3.23. The van der Waals surface area contributed by atoms with Gasteiger partial charge < -0.3 is 19.3 Å². The normalized spacial score (nSPS) is 18.5. The number of aliphatic hydroxyl groups excluding tert-OH is 1. The van der Waals surface area contributed by atoms with Gasteiger partial charge in [0.25, 0.3) is 5.56 Å². The van der Waals surface area contributed by atoms with Gasteiger partial charge >= 0.3 is 5.69 Å². The van der Waals surface area contributed by atoms with E-state index in [2.05, 4.69) is 0 Å². The van der Waals surface area contributed by atoms with Gasteiger partial charge in [-0.25, -0.2) is 4.79 Å². The maximum Gasteiger partial charge on any atom is 0.332 e. The minimum atomic E-state index is -1.38. The minimum absolute atomic E-state index is 0.0636. The summed E-state index contributed by atoms with van der Waals surface area (Å²) in [6, 6.07) is 61.0. The topological polar surface area (TPSA) is 91.9 Å². The molecule has 0 amide bonds. The third kappa shape index (κ3) is 6.63. The molecule has 1 saturated heterocycles. The predicted octanol–water partition coefficient (Wildman–Crippen LogP) is 7.19. The maximum absolute atomic E-state index is 13.6. The van der Waals surface area contributed by atoms with Crippen LogP contribution in [0.4, 0.5) is 0 Å². The molecule has 1 aromatic heterocycles. The van der Waals surface area contributed by atoms with Crippen molar-refractivity contribution < 1.29 is 19.3 Å². The van der Waals surface area contributed by atoms with Crippen LogP contribution in [0, 0.1) is 0 Å². The number of hydrogen-bond acceptors (Lipinski definition) is 6. The molecule has 0 saturated carbocycles. The van der Waals surface area contributed by atoms with Crippen molar-refractivity contribution in [3.8, 4) is 0 Å². The number of ether oxygens (including phenoxy) is 3. The molecule has 280 valence electrons. The number of aliphatic hydroxyl groups is 1. The van der Waals surface area contributed by atoms with Gasteiger partial charge in [-0.15, -0.1) is 0 Å². The fourth-order valence-electron chi connectivity index (χ4n) is 7.91. The molecule has 2 heterocycles. The van der Waals surface area contributed by atoms with E-state index in [4.69, 9.17) is 14.2 Å². The first-order chi connectivity index (χ1) is 27.4. The molecule has 0 radical (unpaired) electrons. The van der Waals surface area contributed by atoms with Crippen LogP contribution in [0.15, 0.2) is 204 Å². The molecule has 0 aliphatic carbocycles. The van der Waals surface area contributed by atoms with Gasteiger partial charge in [-0.05, 0) is 33.4 Å². The average molecular weight is 743 g/mol. The van der Waals surface area contributed by atoms with Gasteiger partial charge in [0.15, 0.2) is 6.23 Å². The third-order valence-electron chi connectivity index (χ3n) is 10.7. The average Bonchev–Trinajstić information content (AvgIpc) is 3.57. The van der Waals surface area contributed by atoms with Crippen molar-refractivity contribution in [2.45, 2.75) is 35.7 Å². The van der Waals surface area contributed by atoms with Gasteiger partial charge in [-0.3, -0.25) is 13.9 Å². The Hall–Kier alpha value is -6.16. The summed E-state index contributed by atoms with van der Waals surface area (Å²) in [7, 11) is 1.40. The van der Waals surface area contributed by atoms with Crippen molar-refractivity contribution in [2.75, 3.05) is 6.61 Å². The van der Waals surface area contributed by atoms with E-state index in [-0.39, 0.29) is 6.61 Å². The van der Waals surface area contributed by atoms with E-state index in [0.29, 0.717) is 0 Å². The van der Waals surface area contributed by atoms with E-state index in [1.54, 1.807) is 0 Å². The van der Waals surface area contributed by atoms with Gasteiger partial charge in [0.2, 0.25) is 0 Å². The molecule has 0 spiro atoms. The molecular weight excluding hydrogens is 701 g/mol. The van der Waals surface area contributed by atoms with Crippen LogP contribution in [0.3, 0.4) is 0 Å². The Morgan fingerprint density at radius 1 is 0.554 bits per heavy atom. The molecule has 1 N–H and O–H groups in total. The first-order valence-corrected chi connectivity index (χ1v) is 18.7. The molecule has 1 aliphatic rings. The van der Waals surface area contributed by atoms with Crippen LogP contribution in [0.25, 0.3) is 0 Å². The van der Waals surface area contributed by atoms with Crippen molar-refractivity contribution in [3.63, 3.8) is 0 Å². The van der Waals surface area contributed by atoms with E-state index in [9.17, 15) is 14.7 Å². The van der Waals surface area contributed by atoms with Crippen LogP contribution in [0.5, 0.6) is 0 Å². The number of rotatable bonds is 12. The summed E-state index contributed by atoms with van der Waals surface area (Å²) < 4.78 is 23.7. The zero-order valence-electron chi connectivity index (χ0n) is 30.9. The van der Waals surface area contributed by atoms with Crippen LogP contribution >= 0.6 is 0 Å². The number of aromatic nitrogens is 2. The molecule has 4 atom stereocenters. The highest BCUT2D eigenvalue weighted by molar-refractivity contribution is 5.49. The Morgan fingerprint density at radius 3 is 1.29 bits per heavy atom. The van der Waals surface area contributed by atoms with E-state index in [0.717, 1.165) is 37.9 Å². The summed E-state index contributed by atoms with van der Waals surface area (Å²) >= 11 is 0. The van der Waals surface area contributed by atoms with E-state index in [1.807, 2.05) is 182 Å². The molecule has 6 aromatic carbocycles. The summed E-state index contributed by atoms with van der Waals surface area (Å²) in [4.78, 5) is 26.1. The zero-order valence-corrected chi connectivity index (χ0v) is 30.9. The molecule has 8 rings (SSSR count). The van der Waals surface area contributed by atoms with E-state index in [1.165, 1.54) is 23.9 Å². The van der Waals surface area contributed by atoms with E-state index < -0.39 is 47.0 Å². The van der Waals surface area contributed by atoms with Crippen LogP contribution in [-0.4, -0.2) is 39.2 Å². The van der Waals surface area contributed by atoms with Gasteiger partial charge in [-0.2, -0.15) is 0 Å². The minimum Gasteiger partial charge on any atom is -0.386 e. The fraction of sp³-hybridized carbons (Fsp3) is 0.167. The van der Waals surface area contributed by atoms with Crippen molar-refractivity contribution in [1.29, 1.82) is 0 Å². The SMILES string of the molecule is Cn1c(=O)ccn([C@@H]2O[C@H](COC(c3ccccc3)(c3ccccc3)c3ccccc3)[C@@H](OC(c3ccccc3)(c3ccccc3)c3ccccc3)[C@H]2O)c1=O. The lowest BCUT2D eigenvalue weighted by molar-refractivity contribution is -0.131. The van der Waals surface area contributed by atoms with Crippen LogP contribution in [-0.2, 0) is 32.5 Å². The van der Waals surface area contributed by atoms with Gasteiger partial charge in [0.1, 0.15) is 29.5 Å². The van der Waals surface area contributed by atoms with Crippen molar-refractivity contribution in [3.05, 3.63) is 248 Å². The number of hydrogen-bond donors (Lipinski definition) is 1. The Kier molecular flexibility index (Phi) is 10.4. The summed E-state index contributed by atoms with van der Waals surface area (Å²) in [5.41, 5.74) is 1.73. The number of nitrogens with zero attached hydrogens (tertiary/aromatic N) is 2.